The maximum Gasteiger partial charge on any atom is 0.120 e. The van der Waals surface area contributed by atoms with Crippen LogP contribution in [0.15, 0.2) is 22.8 Å². The molecule has 1 N–H and O–H groups in total. The van der Waals surface area contributed by atoms with Gasteiger partial charge in [0.05, 0.1) is 12.3 Å². The topological polar surface area (TPSA) is 25.2 Å². The Kier molecular flexibility index (Phi) is 4.05. The molecule has 0 bridgehead atoms. The lowest BCUT2D eigenvalue weighted by molar-refractivity contribution is 0.244. The highest BCUT2D eigenvalue weighted by atomic mass is 16.3. The molecule has 0 spiro atoms. The molecule has 90 valence electrons. The average Bonchev–Trinajstić information content (AvgIpc) is 2.81. The van der Waals surface area contributed by atoms with Crippen LogP contribution < -0.4 is 5.32 Å². The lowest BCUT2D eigenvalue weighted by Crippen LogP contribution is -2.39. The molecule has 16 heavy (non-hydrogen) atoms. The summed E-state index contributed by atoms with van der Waals surface area (Å²) in [4.78, 5) is 0. The van der Waals surface area contributed by atoms with Crippen molar-refractivity contribution in [2.75, 3.05) is 0 Å². The predicted molar refractivity (Wildman–Crippen MR) is 66.3 cm³/mol. The summed E-state index contributed by atoms with van der Waals surface area (Å²) in [5.74, 6) is 1.89. The van der Waals surface area contributed by atoms with Gasteiger partial charge < -0.3 is 9.73 Å². The lowest BCUT2D eigenvalue weighted by Gasteiger charge is -2.32. The fourth-order valence-electron chi connectivity index (χ4n) is 2.71. The predicted octanol–water partition coefficient (Wildman–Crippen LogP) is 3.90. The molecule has 1 fully saturated rings. The first kappa shape index (κ1) is 11.7. The van der Waals surface area contributed by atoms with Gasteiger partial charge in [-0.2, -0.15) is 0 Å². The second-order valence-corrected chi connectivity index (χ2v) is 5.01. The minimum absolute atomic E-state index is 0.389. The second kappa shape index (κ2) is 5.53. The Morgan fingerprint density at radius 3 is 2.88 bits per heavy atom. The van der Waals surface area contributed by atoms with E-state index in [1.165, 1.54) is 25.7 Å². The SMILES string of the molecule is CCC(NC1CCCCC1C)c1ccco1. The van der Waals surface area contributed by atoms with Gasteiger partial charge >= 0.3 is 0 Å². The molecule has 1 aromatic rings. The number of rotatable bonds is 4. The van der Waals surface area contributed by atoms with E-state index in [-0.39, 0.29) is 0 Å². The first-order valence-corrected chi connectivity index (χ1v) is 6.60. The van der Waals surface area contributed by atoms with E-state index in [1.807, 2.05) is 6.07 Å². The third kappa shape index (κ3) is 2.67. The van der Waals surface area contributed by atoms with Crippen LogP contribution in [0, 0.1) is 5.92 Å². The molecule has 0 radical (unpaired) electrons. The van der Waals surface area contributed by atoms with Gasteiger partial charge in [-0.15, -0.1) is 0 Å². The normalized spacial score (nSPS) is 27.9. The minimum atomic E-state index is 0.389. The lowest BCUT2D eigenvalue weighted by atomic mass is 9.85. The zero-order valence-corrected chi connectivity index (χ0v) is 10.4. The van der Waals surface area contributed by atoms with Crippen molar-refractivity contribution in [1.29, 1.82) is 0 Å². The number of furan rings is 1. The Balaban J connectivity index is 1.95. The van der Waals surface area contributed by atoms with E-state index in [4.69, 9.17) is 4.42 Å². The molecule has 2 rings (SSSR count). The number of hydrogen-bond acceptors (Lipinski definition) is 2. The third-order valence-corrected chi connectivity index (χ3v) is 3.82. The van der Waals surface area contributed by atoms with Crippen LogP contribution in [-0.4, -0.2) is 6.04 Å². The molecular weight excluding hydrogens is 198 g/mol. The Bertz CT molecular complexity index is 294. The van der Waals surface area contributed by atoms with Crippen molar-refractivity contribution >= 4 is 0 Å². The van der Waals surface area contributed by atoms with Crippen LogP contribution in [0.25, 0.3) is 0 Å². The molecule has 2 nitrogen and oxygen atoms in total. The van der Waals surface area contributed by atoms with E-state index in [9.17, 15) is 0 Å². The van der Waals surface area contributed by atoms with Gasteiger partial charge in [-0.05, 0) is 37.3 Å². The summed E-state index contributed by atoms with van der Waals surface area (Å²) in [6.07, 6.45) is 8.32. The average molecular weight is 221 g/mol. The summed E-state index contributed by atoms with van der Waals surface area (Å²) in [6, 6.07) is 5.11. The minimum Gasteiger partial charge on any atom is -0.468 e. The summed E-state index contributed by atoms with van der Waals surface area (Å²) in [5, 5.41) is 3.76. The van der Waals surface area contributed by atoms with Crippen molar-refractivity contribution in [1.82, 2.24) is 5.32 Å². The molecule has 1 saturated carbocycles. The third-order valence-electron chi connectivity index (χ3n) is 3.82. The van der Waals surface area contributed by atoms with Crippen molar-refractivity contribution in [3.05, 3.63) is 24.2 Å². The van der Waals surface area contributed by atoms with Crippen molar-refractivity contribution in [3.63, 3.8) is 0 Å². The van der Waals surface area contributed by atoms with E-state index >= 15 is 0 Å². The van der Waals surface area contributed by atoms with Crippen LogP contribution in [0.4, 0.5) is 0 Å². The highest BCUT2D eigenvalue weighted by molar-refractivity contribution is 5.04. The molecule has 3 atom stereocenters. The highest BCUT2D eigenvalue weighted by Crippen LogP contribution is 2.27. The highest BCUT2D eigenvalue weighted by Gasteiger charge is 2.24. The van der Waals surface area contributed by atoms with E-state index in [0.717, 1.165) is 18.1 Å². The van der Waals surface area contributed by atoms with Gasteiger partial charge in [0, 0.05) is 6.04 Å². The fourth-order valence-corrected chi connectivity index (χ4v) is 2.71. The first-order valence-electron chi connectivity index (χ1n) is 6.60. The monoisotopic (exact) mass is 221 g/mol. The molecule has 0 saturated heterocycles. The number of nitrogens with one attached hydrogen (secondary N) is 1. The van der Waals surface area contributed by atoms with Crippen LogP contribution in [0.5, 0.6) is 0 Å². The molecule has 1 aromatic heterocycles. The van der Waals surface area contributed by atoms with Crippen LogP contribution in [0.2, 0.25) is 0 Å². The maximum absolute atomic E-state index is 5.50. The standard InChI is InChI=1S/C14H23NO/c1-3-12(14-9-6-10-16-14)15-13-8-5-4-7-11(13)2/h6,9-13,15H,3-5,7-8H2,1-2H3. The van der Waals surface area contributed by atoms with E-state index in [2.05, 4.69) is 25.2 Å². The van der Waals surface area contributed by atoms with Gasteiger partial charge in [-0.25, -0.2) is 0 Å². The van der Waals surface area contributed by atoms with Crippen molar-refractivity contribution in [3.8, 4) is 0 Å². The molecule has 0 amide bonds. The van der Waals surface area contributed by atoms with Crippen LogP contribution in [0.3, 0.4) is 0 Å². The molecule has 0 aliphatic heterocycles. The second-order valence-electron chi connectivity index (χ2n) is 5.01. The molecule has 0 aromatic carbocycles. The molecule has 3 unspecified atom stereocenters. The van der Waals surface area contributed by atoms with Crippen LogP contribution in [-0.2, 0) is 0 Å². The molecule has 1 aliphatic rings. The maximum atomic E-state index is 5.50. The summed E-state index contributed by atoms with van der Waals surface area (Å²) < 4.78 is 5.50. The summed E-state index contributed by atoms with van der Waals surface area (Å²) in [6.45, 7) is 4.58. The smallest absolute Gasteiger partial charge is 0.120 e. The van der Waals surface area contributed by atoms with Crippen molar-refractivity contribution < 1.29 is 4.42 Å². The Hall–Kier alpha value is -0.760. The fraction of sp³-hybridized carbons (Fsp3) is 0.714. The Morgan fingerprint density at radius 1 is 1.44 bits per heavy atom. The van der Waals surface area contributed by atoms with Crippen molar-refractivity contribution in [2.24, 2.45) is 5.92 Å². The van der Waals surface area contributed by atoms with E-state index < -0.39 is 0 Å². The molecule has 1 aliphatic carbocycles. The summed E-state index contributed by atoms with van der Waals surface area (Å²) in [7, 11) is 0. The first-order chi connectivity index (χ1) is 7.81. The zero-order chi connectivity index (χ0) is 11.4. The summed E-state index contributed by atoms with van der Waals surface area (Å²) in [5.41, 5.74) is 0. The van der Waals surface area contributed by atoms with Gasteiger partial charge in [0.25, 0.3) is 0 Å². The van der Waals surface area contributed by atoms with Crippen LogP contribution >= 0.6 is 0 Å². The van der Waals surface area contributed by atoms with Gasteiger partial charge in [0.1, 0.15) is 5.76 Å². The quantitative estimate of drug-likeness (QED) is 0.834. The van der Waals surface area contributed by atoms with Crippen LogP contribution in [0.1, 0.15) is 57.8 Å². The largest absolute Gasteiger partial charge is 0.468 e. The summed E-state index contributed by atoms with van der Waals surface area (Å²) >= 11 is 0. The van der Waals surface area contributed by atoms with Crippen molar-refractivity contribution in [2.45, 2.75) is 58.0 Å². The molecular formula is C14H23NO. The van der Waals surface area contributed by atoms with Gasteiger partial charge in [0.2, 0.25) is 0 Å². The zero-order valence-electron chi connectivity index (χ0n) is 10.4. The van der Waals surface area contributed by atoms with Gasteiger partial charge in [0.15, 0.2) is 0 Å². The van der Waals surface area contributed by atoms with E-state index in [1.54, 1.807) is 6.26 Å². The van der Waals surface area contributed by atoms with E-state index in [0.29, 0.717) is 12.1 Å². The van der Waals surface area contributed by atoms with Gasteiger partial charge in [-0.3, -0.25) is 0 Å². The Morgan fingerprint density at radius 2 is 2.25 bits per heavy atom. The Labute approximate surface area is 98.4 Å². The number of hydrogen-bond donors (Lipinski definition) is 1. The van der Waals surface area contributed by atoms with Gasteiger partial charge in [-0.1, -0.05) is 26.7 Å². The molecule has 1 heterocycles. The molecule has 2 heteroatoms.